The lowest BCUT2D eigenvalue weighted by atomic mass is 10.0. The van der Waals surface area contributed by atoms with Crippen molar-refractivity contribution in [2.75, 3.05) is 25.2 Å². The van der Waals surface area contributed by atoms with E-state index in [0.717, 1.165) is 18.7 Å². The summed E-state index contributed by atoms with van der Waals surface area (Å²) in [5.41, 5.74) is 4.91. The summed E-state index contributed by atoms with van der Waals surface area (Å²) in [6.07, 6.45) is 5.27. The molecule has 1 aromatic carbocycles. The SMILES string of the molecule is CCOC[C@@H]1Cc2cn(CC=C(C)C)c3cccc(c23)N(C)[C@@H](C(C)C)C(=O)N1. The van der Waals surface area contributed by atoms with Crippen LogP contribution in [0, 0.1) is 5.92 Å². The van der Waals surface area contributed by atoms with E-state index in [1.54, 1.807) is 0 Å². The van der Waals surface area contributed by atoms with Crippen LogP contribution in [0.15, 0.2) is 36.0 Å². The van der Waals surface area contributed by atoms with E-state index in [1.807, 2.05) is 14.0 Å². The van der Waals surface area contributed by atoms with Gasteiger partial charge in [-0.2, -0.15) is 0 Å². The molecule has 0 aliphatic carbocycles. The van der Waals surface area contributed by atoms with E-state index in [9.17, 15) is 4.79 Å². The van der Waals surface area contributed by atoms with Crippen LogP contribution >= 0.6 is 0 Å². The number of benzene rings is 1. The van der Waals surface area contributed by atoms with Crippen LogP contribution in [0.5, 0.6) is 0 Å². The Morgan fingerprint density at radius 1 is 1.34 bits per heavy atom. The maximum atomic E-state index is 13.2. The number of carbonyl (C=O) groups is 1. The van der Waals surface area contributed by atoms with Crippen LogP contribution < -0.4 is 10.2 Å². The Bertz CT molecular complexity index is 893. The van der Waals surface area contributed by atoms with Gasteiger partial charge in [-0.3, -0.25) is 4.79 Å². The third kappa shape index (κ3) is 4.50. The molecule has 2 aromatic rings. The van der Waals surface area contributed by atoms with Crippen molar-refractivity contribution < 1.29 is 9.53 Å². The highest BCUT2D eigenvalue weighted by atomic mass is 16.5. The Morgan fingerprint density at radius 3 is 2.76 bits per heavy atom. The lowest BCUT2D eigenvalue weighted by Gasteiger charge is -2.32. The van der Waals surface area contributed by atoms with E-state index in [0.29, 0.717) is 13.2 Å². The molecule has 3 rings (SSSR count). The minimum Gasteiger partial charge on any atom is -0.380 e. The number of amides is 1. The smallest absolute Gasteiger partial charge is 0.243 e. The zero-order chi connectivity index (χ0) is 21.1. The van der Waals surface area contributed by atoms with Gasteiger partial charge in [-0.1, -0.05) is 31.6 Å². The Labute approximate surface area is 174 Å². The van der Waals surface area contributed by atoms with Gasteiger partial charge in [-0.05, 0) is 50.8 Å². The lowest BCUT2D eigenvalue weighted by molar-refractivity contribution is -0.124. The molecule has 0 unspecified atom stereocenters. The van der Waals surface area contributed by atoms with Crippen molar-refractivity contribution in [3.63, 3.8) is 0 Å². The van der Waals surface area contributed by atoms with Gasteiger partial charge in [0.05, 0.1) is 18.2 Å². The predicted octanol–water partition coefficient (Wildman–Crippen LogP) is 4.15. The molecule has 5 nitrogen and oxygen atoms in total. The second-order valence-corrected chi connectivity index (χ2v) is 8.63. The molecule has 1 amide bonds. The normalized spacial score (nSPS) is 19.7. The lowest BCUT2D eigenvalue weighted by Crippen LogP contribution is -2.52. The molecule has 0 saturated heterocycles. The Balaban J connectivity index is 2.17. The molecular formula is C24H35N3O2. The molecule has 2 heterocycles. The number of hydrogen-bond acceptors (Lipinski definition) is 3. The molecule has 1 N–H and O–H groups in total. The first-order chi connectivity index (χ1) is 13.8. The largest absolute Gasteiger partial charge is 0.380 e. The number of rotatable bonds is 6. The van der Waals surface area contributed by atoms with Crippen LogP contribution in [0.25, 0.3) is 10.9 Å². The zero-order valence-electron chi connectivity index (χ0n) is 18.7. The molecule has 1 aliphatic heterocycles. The standard InChI is InChI=1S/C24H35N3O2/c1-7-29-15-19-13-18-14-27(12-11-16(2)3)21-10-8-9-20(22(18)21)26(6)23(17(4)5)24(28)25-19/h8-11,14,17,19,23H,7,12-13,15H2,1-6H3,(H,25,28)/t19-,23-/m0/s1. The maximum absolute atomic E-state index is 13.2. The van der Waals surface area contributed by atoms with Crippen molar-refractivity contribution in [3.05, 3.63) is 41.6 Å². The van der Waals surface area contributed by atoms with Crippen molar-refractivity contribution in [3.8, 4) is 0 Å². The molecule has 2 atom stereocenters. The number of nitrogens with zero attached hydrogens (tertiary/aromatic N) is 2. The number of anilines is 1. The minimum atomic E-state index is -0.225. The fraction of sp³-hybridized carbons (Fsp3) is 0.542. The quantitative estimate of drug-likeness (QED) is 0.745. The highest BCUT2D eigenvalue weighted by molar-refractivity contribution is 5.98. The van der Waals surface area contributed by atoms with E-state index in [1.165, 1.54) is 22.0 Å². The van der Waals surface area contributed by atoms with Gasteiger partial charge in [0.1, 0.15) is 6.04 Å². The topological polar surface area (TPSA) is 46.5 Å². The van der Waals surface area contributed by atoms with Crippen molar-refractivity contribution in [1.82, 2.24) is 9.88 Å². The van der Waals surface area contributed by atoms with Crippen molar-refractivity contribution in [1.29, 1.82) is 0 Å². The number of nitrogens with one attached hydrogen (secondary N) is 1. The number of allylic oxidation sites excluding steroid dienone is 2. The minimum absolute atomic E-state index is 0.0363. The average Bonchev–Trinajstić information content (AvgIpc) is 3.02. The van der Waals surface area contributed by atoms with Crippen molar-refractivity contribution >= 4 is 22.5 Å². The van der Waals surface area contributed by atoms with Crippen molar-refractivity contribution in [2.45, 2.75) is 59.7 Å². The molecule has 1 aliphatic rings. The first-order valence-electron chi connectivity index (χ1n) is 10.7. The summed E-state index contributed by atoms with van der Waals surface area (Å²) < 4.78 is 8.03. The summed E-state index contributed by atoms with van der Waals surface area (Å²) in [5.74, 6) is 0.268. The van der Waals surface area contributed by atoms with Crippen LogP contribution in [-0.2, 0) is 22.5 Å². The van der Waals surface area contributed by atoms with E-state index in [4.69, 9.17) is 4.74 Å². The Kier molecular flexibility index (Phi) is 6.68. The first-order valence-corrected chi connectivity index (χ1v) is 10.7. The van der Waals surface area contributed by atoms with Crippen LogP contribution in [0.1, 0.15) is 40.2 Å². The summed E-state index contributed by atoms with van der Waals surface area (Å²) in [6, 6.07) is 6.16. The highest BCUT2D eigenvalue weighted by Gasteiger charge is 2.32. The zero-order valence-corrected chi connectivity index (χ0v) is 18.7. The van der Waals surface area contributed by atoms with Crippen LogP contribution in [0.3, 0.4) is 0 Å². The molecule has 5 heteroatoms. The van der Waals surface area contributed by atoms with E-state index in [-0.39, 0.29) is 23.9 Å². The van der Waals surface area contributed by atoms with E-state index < -0.39 is 0 Å². The highest BCUT2D eigenvalue weighted by Crippen LogP contribution is 2.35. The molecule has 0 radical (unpaired) electrons. The number of ether oxygens (including phenoxy) is 1. The van der Waals surface area contributed by atoms with Gasteiger partial charge < -0.3 is 19.5 Å². The predicted molar refractivity (Wildman–Crippen MR) is 121 cm³/mol. The van der Waals surface area contributed by atoms with Gasteiger partial charge in [0.2, 0.25) is 5.91 Å². The first kappa shape index (κ1) is 21.4. The number of likely N-dealkylation sites (N-methyl/N-ethyl adjacent to an activating group) is 1. The summed E-state index contributed by atoms with van der Waals surface area (Å²) >= 11 is 0. The monoisotopic (exact) mass is 397 g/mol. The van der Waals surface area contributed by atoms with Crippen LogP contribution in [-0.4, -0.2) is 42.8 Å². The van der Waals surface area contributed by atoms with Gasteiger partial charge in [0.15, 0.2) is 0 Å². The molecule has 0 spiro atoms. The molecular weight excluding hydrogens is 362 g/mol. The van der Waals surface area contributed by atoms with Gasteiger partial charge >= 0.3 is 0 Å². The van der Waals surface area contributed by atoms with E-state index in [2.05, 4.69) is 73.0 Å². The second kappa shape index (κ2) is 9.04. The molecule has 1 aromatic heterocycles. The van der Waals surface area contributed by atoms with Crippen molar-refractivity contribution in [2.24, 2.45) is 5.92 Å². The van der Waals surface area contributed by atoms with Crippen LogP contribution in [0.4, 0.5) is 5.69 Å². The fourth-order valence-electron chi connectivity index (χ4n) is 4.34. The number of aromatic nitrogens is 1. The molecule has 0 bridgehead atoms. The summed E-state index contributed by atoms with van der Waals surface area (Å²) in [4.78, 5) is 15.3. The molecule has 0 fully saturated rings. The summed E-state index contributed by atoms with van der Waals surface area (Å²) in [7, 11) is 2.04. The summed E-state index contributed by atoms with van der Waals surface area (Å²) in [5, 5.41) is 4.52. The van der Waals surface area contributed by atoms with Gasteiger partial charge in [0, 0.05) is 37.5 Å². The fourth-order valence-corrected chi connectivity index (χ4v) is 4.34. The van der Waals surface area contributed by atoms with Gasteiger partial charge in [-0.25, -0.2) is 0 Å². The number of hydrogen-bond donors (Lipinski definition) is 1. The Morgan fingerprint density at radius 2 is 2.10 bits per heavy atom. The molecule has 29 heavy (non-hydrogen) atoms. The third-order valence-corrected chi connectivity index (χ3v) is 5.69. The second-order valence-electron chi connectivity index (χ2n) is 8.63. The Hall–Kier alpha value is -2.27. The number of carbonyl (C=O) groups excluding carboxylic acids is 1. The van der Waals surface area contributed by atoms with Crippen LogP contribution in [0.2, 0.25) is 0 Å². The third-order valence-electron chi connectivity index (χ3n) is 5.69. The van der Waals surface area contributed by atoms with Gasteiger partial charge in [-0.15, -0.1) is 0 Å². The summed E-state index contributed by atoms with van der Waals surface area (Å²) in [6.45, 7) is 12.5. The molecule has 0 saturated carbocycles. The van der Waals surface area contributed by atoms with E-state index >= 15 is 0 Å². The average molecular weight is 398 g/mol. The maximum Gasteiger partial charge on any atom is 0.243 e. The molecule has 158 valence electrons. The van der Waals surface area contributed by atoms with Gasteiger partial charge in [0.25, 0.3) is 0 Å².